The number of amides is 1. The highest BCUT2D eigenvalue weighted by atomic mass is 16.2. The van der Waals surface area contributed by atoms with Gasteiger partial charge in [0.2, 0.25) is 0 Å². The molecule has 1 aliphatic heterocycles. The summed E-state index contributed by atoms with van der Waals surface area (Å²) in [6.07, 6.45) is 6.83. The number of fused-ring (bicyclic) bond motifs is 1. The lowest BCUT2D eigenvalue weighted by atomic mass is 9.96. The van der Waals surface area contributed by atoms with Crippen molar-refractivity contribution < 1.29 is 4.79 Å². The largest absolute Gasteiger partial charge is 0.337 e. The van der Waals surface area contributed by atoms with E-state index in [4.69, 9.17) is 5.10 Å². The predicted molar refractivity (Wildman–Crippen MR) is 105 cm³/mol. The van der Waals surface area contributed by atoms with E-state index in [-0.39, 0.29) is 11.8 Å². The summed E-state index contributed by atoms with van der Waals surface area (Å²) in [5.74, 6) is 1.07. The highest BCUT2D eigenvalue weighted by Crippen LogP contribution is 2.28. The number of piperidine rings is 1. The van der Waals surface area contributed by atoms with Crippen molar-refractivity contribution in [3.05, 3.63) is 60.4 Å². The molecule has 4 aromatic rings. The molecule has 0 aromatic carbocycles. The minimum atomic E-state index is 0.0199. The lowest BCUT2D eigenvalue weighted by molar-refractivity contribution is 0.0699. The number of carbonyl (C=O) groups excluding carboxylic acids is 1. The van der Waals surface area contributed by atoms with Crippen molar-refractivity contribution in [2.45, 2.75) is 18.8 Å². The van der Waals surface area contributed by atoms with Gasteiger partial charge in [-0.2, -0.15) is 14.7 Å². The summed E-state index contributed by atoms with van der Waals surface area (Å²) in [6, 6.07) is 9.48. The molecule has 4 aromatic heterocycles. The number of rotatable bonds is 3. The van der Waals surface area contributed by atoms with Gasteiger partial charge in [0.1, 0.15) is 5.69 Å². The first-order chi connectivity index (χ1) is 14.2. The molecule has 146 valence electrons. The van der Waals surface area contributed by atoms with Crippen LogP contribution in [0.15, 0.2) is 48.9 Å². The Morgan fingerprint density at radius 2 is 1.93 bits per heavy atom. The van der Waals surface area contributed by atoms with Crippen LogP contribution in [0.3, 0.4) is 0 Å². The van der Waals surface area contributed by atoms with Crippen molar-refractivity contribution in [3.8, 4) is 11.3 Å². The van der Waals surface area contributed by atoms with E-state index in [1.165, 1.54) is 0 Å². The van der Waals surface area contributed by atoms with E-state index in [9.17, 15) is 4.79 Å². The van der Waals surface area contributed by atoms with E-state index in [0.717, 1.165) is 35.6 Å². The normalized spacial score (nSPS) is 15.1. The highest BCUT2D eigenvalue weighted by molar-refractivity contribution is 5.92. The number of hydrogen-bond acceptors (Lipinski definition) is 6. The Hall–Kier alpha value is -3.62. The molecule has 29 heavy (non-hydrogen) atoms. The first-order valence-corrected chi connectivity index (χ1v) is 9.61. The summed E-state index contributed by atoms with van der Waals surface area (Å²) < 4.78 is 3.44. The Morgan fingerprint density at radius 1 is 1.07 bits per heavy atom. The number of nitrogens with zero attached hydrogens (tertiary/aromatic N) is 8. The minimum Gasteiger partial charge on any atom is -0.337 e. The average molecular weight is 388 g/mol. The Bertz CT molecular complexity index is 1160. The van der Waals surface area contributed by atoms with Crippen LogP contribution in [-0.4, -0.2) is 58.5 Å². The summed E-state index contributed by atoms with van der Waals surface area (Å²) in [5.41, 5.74) is 3.11. The van der Waals surface area contributed by atoms with Gasteiger partial charge in [0, 0.05) is 50.2 Å². The Labute approximate surface area is 167 Å². The molecule has 9 nitrogen and oxygen atoms in total. The predicted octanol–water partition coefficient (Wildman–Crippen LogP) is 1.94. The minimum absolute atomic E-state index is 0.0199. The zero-order chi connectivity index (χ0) is 19.8. The fourth-order valence-corrected chi connectivity index (χ4v) is 3.81. The molecule has 1 saturated heterocycles. The van der Waals surface area contributed by atoms with Gasteiger partial charge in [-0.15, -0.1) is 10.2 Å². The maximum absolute atomic E-state index is 12.7. The van der Waals surface area contributed by atoms with E-state index in [1.54, 1.807) is 36.4 Å². The first kappa shape index (κ1) is 17.5. The number of aromatic nitrogens is 7. The van der Waals surface area contributed by atoms with Crippen LogP contribution >= 0.6 is 0 Å². The molecule has 0 atom stereocenters. The zero-order valence-corrected chi connectivity index (χ0v) is 16.0. The standard InChI is InChI=1S/C20H20N8O/c1-26-17(6-10-22-26)20(29)27-11-7-14(8-12-27)19-24-23-18-5-4-16(25-28(18)19)15-3-2-9-21-13-15/h2-6,9-10,13-14H,7-8,11-12H2,1H3. The molecule has 0 radical (unpaired) electrons. The van der Waals surface area contributed by atoms with Crippen molar-refractivity contribution >= 4 is 11.6 Å². The van der Waals surface area contributed by atoms with Crippen LogP contribution in [0.25, 0.3) is 16.9 Å². The van der Waals surface area contributed by atoms with Crippen LogP contribution in [0.4, 0.5) is 0 Å². The summed E-state index contributed by atoms with van der Waals surface area (Å²) in [6.45, 7) is 1.35. The number of likely N-dealkylation sites (tertiary alicyclic amines) is 1. The van der Waals surface area contributed by atoms with Gasteiger partial charge in [-0.25, -0.2) is 0 Å². The van der Waals surface area contributed by atoms with Crippen LogP contribution in [0.2, 0.25) is 0 Å². The van der Waals surface area contributed by atoms with Gasteiger partial charge < -0.3 is 4.90 Å². The number of aryl methyl sites for hydroxylation is 1. The van der Waals surface area contributed by atoms with Gasteiger partial charge >= 0.3 is 0 Å². The quantitative estimate of drug-likeness (QED) is 0.532. The van der Waals surface area contributed by atoms with Gasteiger partial charge in [-0.1, -0.05) is 0 Å². The molecule has 1 fully saturated rings. The molecule has 1 aliphatic rings. The average Bonchev–Trinajstić information content (AvgIpc) is 3.39. The van der Waals surface area contributed by atoms with Crippen molar-refractivity contribution in [2.75, 3.05) is 13.1 Å². The van der Waals surface area contributed by atoms with Gasteiger partial charge in [-0.3, -0.25) is 14.5 Å². The fraction of sp³-hybridized carbons (Fsp3) is 0.300. The second kappa shape index (κ2) is 7.08. The zero-order valence-electron chi connectivity index (χ0n) is 16.0. The molecule has 1 amide bonds. The van der Waals surface area contributed by atoms with E-state index >= 15 is 0 Å². The van der Waals surface area contributed by atoms with Crippen LogP contribution < -0.4 is 0 Å². The number of pyridine rings is 1. The molecule has 9 heteroatoms. The molecule has 0 bridgehead atoms. The Kier molecular flexibility index (Phi) is 4.27. The maximum Gasteiger partial charge on any atom is 0.272 e. The van der Waals surface area contributed by atoms with E-state index in [1.807, 2.05) is 33.7 Å². The third-order valence-corrected chi connectivity index (χ3v) is 5.43. The van der Waals surface area contributed by atoms with Crippen LogP contribution in [0.5, 0.6) is 0 Å². The van der Waals surface area contributed by atoms with Crippen LogP contribution in [-0.2, 0) is 7.05 Å². The third kappa shape index (κ3) is 3.14. The fourth-order valence-electron chi connectivity index (χ4n) is 3.81. The first-order valence-electron chi connectivity index (χ1n) is 9.61. The highest BCUT2D eigenvalue weighted by Gasteiger charge is 2.28. The molecular weight excluding hydrogens is 368 g/mol. The van der Waals surface area contributed by atoms with Crippen LogP contribution in [0, 0.1) is 0 Å². The summed E-state index contributed by atoms with van der Waals surface area (Å²) >= 11 is 0. The van der Waals surface area contributed by atoms with Gasteiger partial charge in [0.05, 0.1) is 5.69 Å². The summed E-state index contributed by atoms with van der Waals surface area (Å²) in [5, 5.41) is 17.5. The molecule has 0 saturated carbocycles. The molecule has 0 unspecified atom stereocenters. The Balaban J connectivity index is 1.37. The molecule has 0 spiro atoms. The van der Waals surface area contributed by atoms with Gasteiger partial charge in [-0.05, 0) is 43.2 Å². The number of carbonyl (C=O) groups is 1. The van der Waals surface area contributed by atoms with Crippen molar-refractivity contribution in [2.24, 2.45) is 7.05 Å². The third-order valence-electron chi connectivity index (χ3n) is 5.43. The summed E-state index contributed by atoms with van der Waals surface area (Å²) in [4.78, 5) is 18.8. The van der Waals surface area contributed by atoms with E-state index in [2.05, 4.69) is 20.3 Å². The topological polar surface area (TPSA) is 94.1 Å². The SMILES string of the molecule is Cn1nccc1C(=O)N1CCC(c2nnc3ccc(-c4cccnc4)nn23)CC1. The maximum atomic E-state index is 12.7. The second-order valence-electron chi connectivity index (χ2n) is 7.20. The van der Waals surface area contributed by atoms with Gasteiger partial charge in [0.25, 0.3) is 5.91 Å². The van der Waals surface area contributed by atoms with E-state index in [0.29, 0.717) is 18.8 Å². The van der Waals surface area contributed by atoms with Crippen molar-refractivity contribution in [1.29, 1.82) is 0 Å². The second-order valence-corrected chi connectivity index (χ2v) is 7.20. The van der Waals surface area contributed by atoms with E-state index < -0.39 is 0 Å². The lowest BCUT2D eigenvalue weighted by Crippen LogP contribution is -2.39. The smallest absolute Gasteiger partial charge is 0.272 e. The molecule has 5 rings (SSSR count). The molecule has 0 N–H and O–H groups in total. The van der Waals surface area contributed by atoms with Crippen molar-refractivity contribution in [1.82, 2.24) is 39.5 Å². The van der Waals surface area contributed by atoms with Crippen molar-refractivity contribution in [3.63, 3.8) is 0 Å². The molecular formula is C20H20N8O. The van der Waals surface area contributed by atoms with Gasteiger partial charge in [0.15, 0.2) is 11.5 Å². The molecule has 0 aliphatic carbocycles. The monoisotopic (exact) mass is 388 g/mol. The molecule has 5 heterocycles. The Morgan fingerprint density at radius 3 is 2.66 bits per heavy atom. The lowest BCUT2D eigenvalue weighted by Gasteiger charge is -2.31. The number of hydrogen-bond donors (Lipinski definition) is 0. The van der Waals surface area contributed by atoms with Crippen LogP contribution in [0.1, 0.15) is 35.1 Å². The summed E-state index contributed by atoms with van der Waals surface area (Å²) in [7, 11) is 1.79.